The third-order valence-corrected chi connectivity index (χ3v) is 6.67. The van der Waals surface area contributed by atoms with Crippen LogP contribution in [0, 0.1) is 0 Å². The van der Waals surface area contributed by atoms with Crippen molar-refractivity contribution >= 4 is 27.5 Å². The molecule has 174 valence electrons. The number of sulfonamides is 1. The number of hydrogen-bond acceptors (Lipinski definition) is 4. The first kappa shape index (κ1) is 24.6. The molecule has 0 unspecified atom stereocenters. The van der Waals surface area contributed by atoms with E-state index in [9.17, 15) is 26.4 Å². The van der Waals surface area contributed by atoms with Crippen molar-refractivity contribution in [3.8, 4) is 5.75 Å². The van der Waals surface area contributed by atoms with E-state index < -0.39 is 34.1 Å². The lowest BCUT2D eigenvalue weighted by atomic mass is 10.1. The van der Waals surface area contributed by atoms with E-state index in [0.29, 0.717) is 16.1 Å². The van der Waals surface area contributed by atoms with Crippen LogP contribution in [0.5, 0.6) is 5.75 Å². The lowest BCUT2D eigenvalue weighted by Gasteiger charge is -2.29. The normalized spacial score (nSPS) is 13.0. The predicted molar refractivity (Wildman–Crippen MR) is 116 cm³/mol. The summed E-state index contributed by atoms with van der Waals surface area (Å²) in [6.07, 6.45) is -4.87. The summed E-state index contributed by atoms with van der Waals surface area (Å²) in [5, 5.41) is 0.315. The van der Waals surface area contributed by atoms with Crippen molar-refractivity contribution in [3.05, 3.63) is 95.0 Å². The minimum atomic E-state index is -4.87. The van der Waals surface area contributed by atoms with E-state index >= 15 is 0 Å². The van der Waals surface area contributed by atoms with Gasteiger partial charge in [-0.1, -0.05) is 54.1 Å². The highest BCUT2D eigenvalue weighted by Crippen LogP contribution is 2.31. The third kappa shape index (κ3) is 6.25. The molecule has 0 spiro atoms. The molecule has 0 radical (unpaired) electrons. The SMILES string of the molecule is NC(=O)[C@@H](c1ccccc1)N(Cc1ccc(OC(F)(F)F)cc1)S(=O)(=O)c1ccc(Cl)cc1. The molecule has 11 heteroatoms. The number of carbonyl (C=O) groups excluding carboxylic acids is 1. The minimum absolute atomic E-state index is 0.133. The molecule has 33 heavy (non-hydrogen) atoms. The van der Waals surface area contributed by atoms with Crippen LogP contribution in [0.15, 0.2) is 83.8 Å². The molecule has 0 aromatic heterocycles. The maximum atomic E-state index is 13.5. The van der Waals surface area contributed by atoms with Crippen LogP contribution in [-0.2, 0) is 21.4 Å². The van der Waals surface area contributed by atoms with Gasteiger partial charge in [-0.2, -0.15) is 4.31 Å². The van der Waals surface area contributed by atoms with E-state index in [-0.39, 0.29) is 11.4 Å². The highest BCUT2D eigenvalue weighted by Gasteiger charge is 2.36. The molecule has 0 aliphatic heterocycles. The lowest BCUT2D eigenvalue weighted by Crippen LogP contribution is -2.41. The maximum absolute atomic E-state index is 13.5. The van der Waals surface area contributed by atoms with Crippen LogP contribution in [0.4, 0.5) is 13.2 Å². The second-order valence-corrected chi connectivity index (χ2v) is 9.24. The Labute approximate surface area is 193 Å². The lowest BCUT2D eigenvalue weighted by molar-refractivity contribution is -0.274. The fourth-order valence-corrected chi connectivity index (χ4v) is 4.84. The first-order valence-electron chi connectivity index (χ1n) is 9.44. The third-order valence-electron chi connectivity index (χ3n) is 4.59. The molecule has 0 saturated carbocycles. The summed E-state index contributed by atoms with van der Waals surface area (Å²) in [6, 6.07) is 16.7. The number of carbonyl (C=O) groups is 1. The van der Waals surface area contributed by atoms with Gasteiger partial charge in [-0.05, 0) is 47.5 Å². The van der Waals surface area contributed by atoms with E-state index in [1.54, 1.807) is 30.3 Å². The van der Waals surface area contributed by atoms with Crippen LogP contribution in [-0.4, -0.2) is 25.0 Å². The summed E-state index contributed by atoms with van der Waals surface area (Å²) < 4.78 is 69.1. The zero-order valence-electron chi connectivity index (χ0n) is 16.9. The molecule has 0 bridgehead atoms. The van der Waals surface area contributed by atoms with Crippen LogP contribution in [0.25, 0.3) is 0 Å². The number of nitrogens with two attached hydrogens (primary N) is 1. The number of rotatable bonds is 8. The van der Waals surface area contributed by atoms with Gasteiger partial charge in [0.05, 0.1) is 4.90 Å². The average Bonchev–Trinajstić information content (AvgIpc) is 2.74. The summed E-state index contributed by atoms with van der Waals surface area (Å²) >= 11 is 5.87. The number of alkyl halides is 3. The summed E-state index contributed by atoms with van der Waals surface area (Å²) in [6.45, 7) is -0.347. The fourth-order valence-electron chi connectivity index (χ4n) is 3.14. The monoisotopic (exact) mass is 498 g/mol. The van der Waals surface area contributed by atoms with E-state index in [1.165, 1.54) is 36.4 Å². The minimum Gasteiger partial charge on any atom is -0.406 e. The Balaban J connectivity index is 2.05. The van der Waals surface area contributed by atoms with E-state index in [4.69, 9.17) is 17.3 Å². The number of benzene rings is 3. The molecule has 0 heterocycles. The quantitative estimate of drug-likeness (QED) is 0.489. The molecule has 0 saturated heterocycles. The van der Waals surface area contributed by atoms with Gasteiger partial charge in [0.1, 0.15) is 11.8 Å². The van der Waals surface area contributed by atoms with Gasteiger partial charge >= 0.3 is 6.36 Å². The highest BCUT2D eigenvalue weighted by molar-refractivity contribution is 7.89. The maximum Gasteiger partial charge on any atom is 0.573 e. The summed E-state index contributed by atoms with van der Waals surface area (Å²) in [5.74, 6) is -1.39. The smallest absolute Gasteiger partial charge is 0.406 e. The summed E-state index contributed by atoms with van der Waals surface area (Å²) in [7, 11) is -4.28. The van der Waals surface area contributed by atoms with Crippen molar-refractivity contribution in [2.75, 3.05) is 0 Å². The van der Waals surface area contributed by atoms with Gasteiger partial charge in [0.15, 0.2) is 0 Å². The van der Waals surface area contributed by atoms with Crippen molar-refractivity contribution < 1.29 is 31.1 Å². The Morgan fingerprint density at radius 3 is 2.06 bits per heavy atom. The Morgan fingerprint density at radius 2 is 1.55 bits per heavy atom. The van der Waals surface area contributed by atoms with Gasteiger partial charge in [0.2, 0.25) is 15.9 Å². The summed E-state index contributed by atoms with van der Waals surface area (Å²) in [4.78, 5) is 12.3. The highest BCUT2D eigenvalue weighted by atomic mass is 35.5. The van der Waals surface area contributed by atoms with Gasteiger partial charge < -0.3 is 10.5 Å². The van der Waals surface area contributed by atoms with Gasteiger partial charge in [-0.25, -0.2) is 8.42 Å². The number of primary amides is 1. The molecule has 0 fully saturated rings. The number of ether oxygens (including phenoxy) is 1. The zero-order valence-corrected chi connectivity index (χ0v) is 18.4. The Hall–Kier alpha value is -3.08. The number of amides is 1. The van der Waals surface area contributed by atoms with Gasteiger partial charge in [-0.15, -0.1) is 13.2 Å². The standard InChI is InChI=1S/C22H18ClF3N2O4S/c23-17-8-12-19(13-9-17)33(30,31)28(20(21(27)29)16-4-2-1-3-5-16)14-15-6-10-18(11-7-15)32-22(24,25)26/h1-13,20H,14H2,(H2,27,29)/t20-/m1/s1. The summed E-state index contributed by atoms with van der Waals surface area (Å²) in [5.41, 5.74) is 6.25. The number of nitrogens with zero attached hydrogens (tertiary/aromatic N) is 1. The fraction of sp³-hybridized carbons (Fsp3) is 0.136. The first-order valence-corrected chi connectivity index (χ1v) is 11.3. The predicted octanol–water partition coefficient (Wildman–Crippen LogP) is 4.66. The molecule has 1 atom stereocenters. The van der Waals surface area contributed by atoms with E-state index in [2.05, 4.69) is 4.74 Å². The van der Waals surface area contributed by atoms with E-state index in [0.717, 1.165) is 16.4 Å². The van der Waals surface area contributed by atoms with Gasteiger partial charge in [0, 0.05) is 11.6 Å². The van der Waals surface area contributed by atoms with Crippen molar-refractivity contribution in [1.82, 2.24) is 4.31 Å². The molecule has 6 nitrogen and oxygen atoms in total. The van der Waals surface area contributed by atoms with E-state index in [1.807, 2.05) is 0 Å². The molecule has 3 aromatic rings. The average molecular weight is 499 g/mol. The number of hydrogen-bond donors (Lipinski definition) is 1. The van der Waals surface area contributed by atoms with Crippen LogP contribution < -0.4 is 10.5 Å². The molecule has 0 aliphatic carbocycles. The van der Waals surface area contributed by atoms with Crippen molar-refractivity contribution in [3.63, 3.8) is 0 Å². The van der Waals surface area contributed by atoms with Gasteiger partial charge in [-0.3, -0.25) is 4.79 Å². The Kier molecular flexibility index (Phi) is 7.31. The zero-order chi connectivity index (χ0) is 24.2. The molecule has 2 N–H and O–H groups in total. The second-order valence-electron chi connectivity index (χ2n) is 6.91. The van der Waals surface area contributed by atoms with Crippen molar-refractivity contribution in [1.29, 1.82) is 0 Å². The van der Waals surface area contributed by atoms with Crippen LogP contribution in [0.3, 0.4) is 0 Å². The molecular weight excluding hydrogens is 481 g/mol. The largest absolute Gasteiger partial charge is 0.573 e. The topological polar surface area (TPSA) is 89.7 Å². The molecule has 3 rings (SSSR count). The molecule has 1 amide bonds. The molecule has 0 aliphatic rings. The molecule has 3 aromatic carbocycles. The molecular formula is C22H18ClF3N2O4S. The second kappa shape index (κ2) is 9.82. The van der Waals surface area contributed by atoms with Crippen LogP contribution in [0.2, 0.25) is 5.02 Å². The van der Waals surface area contributed by atoms with Crippen molar-refractivity contribution in [2.45, 2.75) is 23.8 Å². The van der Waals surface area contributed by atoms with Gasteiger partial charge in [0.25, 0.3) is 0 Å². The number of halogens is 4. The van der Waals surface area contributed by atoms with Crippen LogP contribution in [0.1, 0.15) is 17.2 Å². The van der Waals surface area contributed by atoms with Crippen molar-refractivity contribution in [2.24, 2.45) is 5.73 Å². The Morgan fingerprint density at radius 1 is 0.970 bits per heavy atom. The first-order chi connectivity index (χ1) is 15.5. The Bertz CT molecular complexity index is 1200. The van der Waals surface area contributed by atoms with Crippen LogP contribution >= 0.6 is 11.6 Å².